The third kappa shape index (κ3) is 2.82. The van der Waals surface area contributed by atoms with Crippen LogP contribution in [0.3, 0.4) is 0 Å². The summed E-state index contributed by atoms with van der Waals surface area (Å²) in [6.45, 7) is 2.98. The first-order valence-corrected chi connectivity index (χ1v) is 9.07. The quantitative estimate of drug-likeness (QED) is 0.881. The van der Waals surface area contributed by atoms with Crippen LogP contribution in [0.2, 0.25) is 0 Å². The largest absolute Gasteiger partial charge is 0.480 e. The van der Waals surface area contributed by atoms with E-state index in [1.54, 1.807) is 0 Å². The van der Waals surface area contributed by atoms with Gasteiger partial charge in [-0.1, -0.05) is 12.1 Å². The molecular weight excluding hydrogens is 346 g/mol. The zero-order valence-corrected chi connectivity index (χ0v) is 14.7. The highest BCUT2D eigenvalue weighted by atomic mass is 16.5. The van der Waals surface area contributed by atoms with Crippen molar-refractivity contribution < 1.29 is 14.6 Å². The van der Waals surface area contributed by atoms with Gasteiger partial charge in [0.1, 0.15) is 18.5 Å². The molecule has 0 saturated carbocycles. The highest BCUT2D eigenvalue weighted by Gasteiger charge is 2.34. The van der Waals surface area contributed by atoms with Crippen LogP contribution in [0.25, 0.3) is 0 Å². The lowest BCUT2D eigenvalue weighted by Gasteiger charge is -2.28. The number of anilines is 1. The van der Waals surface area contributed by atoms with E-state index in [0.29, 0.717) is 30.8 Å². The summed E-state index contributed by atoms with van der Waals surface area (Å²) in [7, 11) is 0. The Kier molecular flexibility index (Phi) is 3.78. The third-order valence-electron chi connectivity index (χ3n) is 5.34. The summed E-state index contributed by atoms with van der Waals surface area (Å²) in [6, 6.07) is 8.48. The summed E-state index contributed by atoms with van der Waals surface area (Å²) in [5.74, 6) is 1.77. The minimum atomic E-state index is -0.765. The topological polar surface area (TPSA) is 91.2 Å². The van der Waals surface area contributed by atoms with E-state index in [1.807, 2.05) is 4.90 Å². The van der Waals surface area contributed by atoms with E-state index in [2.05, 4.69) is 44.1 Å². The highest BCUT2D eigenvalue weighted by molar-refractivity contribution is 6.20. The zero-order chi connectivity index (χ0) is 18.4. The van der Waals surface area contributed by atoms with Gasteiger partial charge in [-0.05, 0) is 36.6 Å². The summed E-state index contributed by atoms with van der Waals surface area (Å²) >= 11 is 0. The van der Waals surface area contributed by atoms with Crippen LogP contribution in [0.1, 0.15) is 23.5 Å². The molecule has 0 radical (unpaired) electrons. The van der Waals surface area contributed by atoms with Crippen LogP contribution in [0.4, 0.5) is 11.5 Å². The van der Waals surface area contributed by atoms with Gasteiger partial charge in [-0.25, -0.2) is 15.0 Å². The lowest BCUT2D eigenvalue weighted by molar-refractivity contribution is -0.138. The van der Waals surface area contributed by atoms with Crippen molar-refractivity contribution >= 4 is 23.3 Å². The molecule has 1 unspecified atom stereocenters. The van der Waals surface area contributed by atoms with Gasteiger partial charge in [0.25, 0.3) is 0 Å². The van der Waals surface area contributed by atoms with E-state index in [4.69, 9.17) is 9.84 Å². The molecule has 1 aromatic carbocycles. The smallest absolute Gasteiger partial charge is 0.317 e. The molecule has 8 nitrogen and oxygen atoms in total. The molecule has 5 rings (SSSR count). The molecule has 0 amide bonds. The molecule has 0 aliphatic carbocycles. The number of nitrogens with zero attached hydrogens (tertiary/aromatic N) is 5. The minimum Gasteiger partial charge on any atom is -0.480 e. The Morgan fingerprint density at radius 2 is 2.07 bits per heavy atom. The highest BCUT2D eigenvalue weighted by Crippen LogP contribution is 2.38. The number of carboxylic acid groups (broad SMARTS) is 1. The van der Waals surface area contributed by atoms with Crippen LogP contribution in [0.15, 0.2) is 35.6 Å². The van der Waals surface area contributed by atoms with Crippen molar-refractivity contribution in [3.8, 4) is 5.88 Å². The van der Waals surface area contributed by atoms with E-state index in [-0.39, 0.29) is 6.54 Å². The number of hydrogen-bond donors (Lipinski definition) is 1. The number of ether oxygens (including phenoxy) is 1. The molecule has 2 aromatic rings. The molecule has 1 aromatic heterocycles. The van der Waals surface area contributed by atoms with Crippen LogP contribution in [0.5, 0.6) is 5.88 Å². The molecular formula is C19H19N5O3. The Balaban J connectivity index is 1.34. The van der Waals surface area contributed by atoms with E-state index < -0.39 is 5.97 Å². The molecule has 0 bridgehead atoms. The number of carbonyl (C=O) groups is 1. The van der Waals surface area contributed by atoms with E-state index in [1.165, 1.54) is 11.9 Å². The van der Waals surface area contributed by atoms with E-state index in [9.17, 15) is 4.79 Å². The summed E-state index contributed by atoms with van der Waals surface area (Å²) < 4.78 is 5.73. The number of aromatic nitrogens is 2. The summed E-state index contributed by atoms with van der Waals surface area (Å²) in [4.78, 5) is 27.9. The Labute approximate surface area is 156 Å². The predicted octanol–water partition coefficient (Wildman–Crippen LogP) is 1.64. The van der Waals surface area contributed by atoms with Gasteiger partial charge in [-0.3, -0.25) is 9.69 Å². The standard InChI is InChI=1S/C19H19N5O3/c25-15(26)10-23-6-5-13(9-23)12-1-3-14(4-2-12)24-7-8-27-19-16-17(20-11-21-19)22-18(16)24/h1-4,11,13H,5-10H2,(H,25,26). The van der Waals surface area contributed by atoms with Gasteiger partial charge in [-0.15, -0.1) is 0 Å². The van der Waals surface area contributed by atoms with Gasteiger partial charge in [0.2, 0.25) is 5.88 Å². The molecule has 1 saturated heterocycles. The molecule has 138 valence electrons. The van der Waals surface area contributed by atoms with Crippen LogP contribution < -0.4 is 9.64 Å². The van der Waals surface area contributed by atoms with Gasteiger partial charge < -0.3 is 14.7 Å². The van der Waals surface area contributed by atoms with Gasteiger partial charge >= 0.3 is 5.97 Å². The third-order valence-corrected chi connectivity index (χ3v) is 5.34. The van der Waals surface area contributed by atoms with Gasteiger partial charge in [-0.2, -0.15) is 0 Å². The van der Waals surface area contributed by atoms with Gasteiger partial charge in [0.15, 0.2) is 11.7 Å². The number of rotatable bonds is 4. The van der Waals surface area contributed by atoms with E-state index in [0.717, 1.165) is 36.6 Å². The summed E-state index contributed by atoms with van der Waals surface area (Å²) in [6.07, 6.45) is 2.47. The number of aliphatic imine (C=N–C) groups is 1. The second-order valence-electron chi connectivity index (χ2n) is 7.02. The molecule has 1 atom stereocenters. The molecule has 0 spiro atoms. The Bertz CT molecular complexity index is 927. The fourth-order valence-corrected chi connectivity index (χ4v) is 4.01. The normalized spacial score (nSPS) is 21.0. The second-order valence-corrected chi connectivity index (χ2v) is 7.02. The van der Waals surface area contributed by atoms with Gasteiger partial charge in [0.05, 0.1) is 13.1 Å². The number of aliphatic carboxylic acids is 1. The monoisotopic (exact) mass is 365 g/mol. The molecule has 27 heavy (non-hydrogen) atoms. The second kappa shape index (κ2) is 6.31. The predicted molar refractivity (Wildman–Crippen MR) is 98.9 cm³/mol. The summed E-state index contributed by atoms with van der Waals surface area (Å²) in [5, 5.41) is 8.96. The Morgan fingerprint density at radius 3 is 2.89 bits per heavy atom. The first kappa shape index (κ1) is 16.2. The maximum atomic E-state index is 10.9. The Hall–Kier alpha value is -3.00. The van der Waals surface area contributed by atoms with Crippen LogP contribution in [-0.2, 0) is 4.79 Å². The number of carboxylic acids is 1. The number of hydrogen-bond acceptors (Lipinski definition) is 7. The zero-order valence-electron chi connectivity index (χ0n) is 14.7. The maximum absolute atomic E-state index is 10.9. The number of amidine groups is 1. The van der Waals surface area contributed by atoms with Crippen LogP contribution in [-0.4, -0.2) is 64.6 Å². The number of benzene rings is 1. The fraction of sp³-hybridized carbons (Fsp3) is 0.368. The maximum Gasteiger partial charge on any atom is 0.317 e. The average molecular weight is 365 g/mol. The van der Waals surface area contributed by atoms with Crippen LogP contribution >= 0.6 is 0 Å². The first-order valence-electron chi connectivity index (χ1n) is 9.07. The average Bonchev–Trinajstić information content (AvgIpc) is 3.01. The molecule has 8 heteroatoms. The van der Waals surface area contributed by atoms with Crippen molar-refractivity contribution in [2.75, 3.05) is 37.7 Å². The van der Waals surface area contributed by atoms with Crippen molar-refractivity contribution in [3.63, 3.8) is 0 Å². The first-order chi connectivity index (χ1) is 13.2. The van der Waals surface area contributed by atoms with Crippen molar-refractivity contribution in [2.45, 2.75) is 12.3 Å². The molecule has 1 N–H and O–H groups in total. The van der Waals surface area contributed by atoms with Crippen LogP contribution in [0, 0.1) is 0 Å². The molecule has 4 heterocycles. The molecule has 3 aliphatic heterocycles. The minimum absolute atomic E-state index is 0.117. The van der Waals surface area contributed by atoms with Crippen molar-refractivity contribution in [2.24, 2.45) is 4.99 Å². The summed E-state index contributed by atoms with van der Waals surface area (Å²) in [5.41, 5.74) is 3.20. The number of likely N-dealkylation sites (tertiary alicyclic amines) is 1. The van der Waals surface area contributed by atoms with Crippen molar-refractivity contribution in [1.82, 2.24) is 14.9 Å². The fourth-order valence-electron chi connectivity index (χ4n) is 4.01. The van der Waals surface area contributed by atoms with Crippen molar-refractivity contribution in [1.29, 1.82) is 0 Å². The molecule has 1 fully saturated rings. The Morgan fingerprint density at radius 1 is 1.22 bits per heavy atom. The lowest BCUT2D eigenvalue weighted by atomic mass is 9.98. The van der Waals surface area contributed by atoms with E-state index >= 15 is 0 Å². The van der Waals surface area contributed by atoms with Gasteiger partial charge in [0, 0.05) is 12.2 Å². The van der Waals surface area contributed by atoms with Crippen molar-refractivity contribution in [3.05, 3.63) is 41.7 Å². The lowest BCUT2D eigenvalue weighted by Crippen LogP contribution is -2.35. The molecule has 3 aliphatic rings. The SMILES string of the molecule is O=C(O)CN1CCC(c2ccc(N3CCOc4ncnc5c4C3=N5)cc2)C1.